The van der Waals surface area contributed by atoms with E-state index >= 15 is 0 Å². The zero-order valence-corrected chi connectivity index (χ0v) is 20.1. The molecule has 4 rings (SSSR count). The summed E-state index contributed by atoms with van der Waals surface area (Å²) in [5.41, 5.74) is 2.58. The lowest BCUT2D eigenvalue weighted by Gasteiger charge is -2.14. The van der Waals surface area contributed by atoms with Crippen molar-refractivity contribution >= 4 is 44.9 Å². The number of hydrazone groups is 1. The second-order valence-electron chi connectivity index (χ2n) is 7.64. The molecule has 0 atom stereocenters. The summed E-state index contributed by atoms with van der Waals surface area (Å²) in [5, 5.41) is 4.77. The number of ether oxygens (including phenoxy) is 1. The third kappa shape index (κ3) is 4.93. The Morgan fingerprint density at radius 2 is 1.82 bits per heavy atom. The van der Waals surface area contributed by atoms with Gasteiger partial charge in [0.2, 0.25) is 5.76 Å². The second-order valence-corrected chi connectivity index (χ2v) is 10.1. The van der Waals surface area contributed by atoms with Crippen molar-refractivity contribution in [2.75, 3.05) is 0 Å². The number of esters is 1. The number of aryl methyl sites for hydroxylation is 2. The van der Waals surface area contributed by atoms with Crippen LogP contribution in [-0.2, 0) is 16.4 Å². The van der Waals surface area contributed by atoms with E-state index in [4.69, 9.17) is 32.4 Å². The monoisotopic (exact) mass is 506 g/mol. The first-order valence-electron chi connectivity index (χ1n) is 10.1. The molecule has 0 saturated carbocycles. The van der Waals surface area contributed by atoms with Crippen molar-refractivity contribution in [3.05, 3.63) is 80.7 Å². The lowest BCUT2D eigenvalue weighted by Crippen LogP contribution is -2.22. The van der Waals surface area contributed by atoms with Crippen molar-refractivity contribution in [2.24, 2.45) is 5.10 Å². The fourth-order valence-corrected chi connectivity index (χ4v) is 4.84. The number of fused-ring (bicyclic) bond motifs is 1. The van der Waals surface area contributed by atoms with Crippen LogP contribution in [0, 0.1) is 13.8 Å². The minimum Gasteiger partial charge on any atom is -0.453 e. The summed E-state index contributed by atoms with van der Waals surface area (Å²) in [6.45, 7) is 3.58. The first-order valence-corrected chi connectivity index (χ1v) is 12.3. The van der Waals surface area contributed by atoms with Crippen molar-refractivity contribution < 1.29 is 22.4 Å². The molecule has 0 spiro atoms. The molecule has 0 amide bonds. The standard InChI is InChI=1S/C23H20Cl2N2O5S/c1-13-6-9-16(10-7-13)33(29,30)27-26-18-4-3-5-20-21(18)14(2)22(31-20)23(28)32-19-11-8-15(24)12-17(19)25/h6-12,27H,3-5H2,1-2H3/b26-18+. The van der Waals surface area contributed by atoms with Crippen LogP contribution in [0.2, 0.25) is 10.0 Å². The minimum absolute atomic E-state index is 0.0157. The number of benzene rings is 2. The van der Waals surface area contributed by atoms with Crippen molar-refractivity contribution in [1.82, 2.24) is 4.83 Å². The van der Waals surface area contributed by atoms with Gasteiger partial charge in [0.25, 0.3) is 10.0 Å². The Labute approximate surface area is 201 Å². The summed E-state index contributed by atoms with van der Waals surface area (Å²) in [6.07, 6.45) is 1.82. The van der Waals surface area contributed by atoms with Gasteiger partial charge in [0.1, 0.15) is 11.5 Å². The molecule has 0 fully saturated rings. The highest BCUT2D eigenvalue weighted by Gasteiger charge is 2.29. The van der Waals surface area contributed by atoms with E-state index in [0.29, 0.717) is 46.9 Å². The predicted molar refractivity (Wildman–Crippen MR) is 126 cm³/mol. The highest BCUT2D eigenvalue weighted by atomic mass is 35.5. The Balaban J connectivity index is 1.60. The average Bonchev–Trinajstić information content (AvgIpc) is 3.12. The topological polar surface area (TPSA) is 98.0 Å². The Morgan fingerprint density at radius 3 is 2.52 bits per heavy atom. The minimum atomic E-state index is -3.84. The van der Waals surface area contributed by atoms with Gasteiger partial charge in [-0.2, -0.15) is 18.4 Å². The van der Waals surface area contributed by atoms with Crippen LogP contribution >= 0.6 is 23.2 Å². The van der Waals surface area contributed by atoms with Crippen molar-refractivity contribution in [1.29, 1.82) is 0 Å². The summed E-state index contributed by atoms with van der Waals surface area (Å²) in [4.78, 5) is 15.2. The van der Waals surface area contributed by atoms with Gasteiger partial charge in [-0.3, -0.25) is 0 Å². The average molecular weight is 507 g/mol. The molecule has 10 heteroatoms. The van der Waals surface area contributed by atoms with Crippen LogP contribution < -0.4 is 9.57 Å². The van der Waals surface area contributed by atoms with Gasteiger partial charge in [-0.05, 0) is 57.0 Å². The lowest BCUT2D eigenvalue weighted by atomic mass is 9.93. The molecule has 1 aliphatic rings. The maximum atomic E-state index is 12.8. The van der Waals surface area contributed by atoms with Gasteiger partial charge in [-0.1, -0.05) is 40.9 Å². The molecule has 33 heavy (non-hydrogen) atoms. The molecule has 2 aromatic carbocycles. The Bertz CT molecular complexity index is 1360. The third-order valence-corrected chi connectivity index (χ3v) is 6.99. The molecule has 0 radical (unpaired) electrons. The summed E-state index contributed by atoms with van der Waals surface area (Å²) < 4.78 is 36.4. The molecule has 0 aliphatic heterocycles. The number of rotatable bonds is 5. The molecule has 0 saturated heterocycles. The normalized spacial score (nSPS) is 14.7. The number of nitrogens with zero attached hydrogens (tertiary/aromatic N) is 1. The fourth-order valence-electron chi connectivity index (χ4n) is 3.56. The van der Waals surface area contributed by atoms with Crippen molar-refractivity contribution in [3.63, 3.8) is 0 Å². The quantitative estimate of drug-likeness (QED) is 0.282. The van der Waals surface area contributed by atoms with E-state index in [1.165, 1.54) is 24.3 Å². The van der Waals surface area contributed by atoms with E-state index in [1.807, 2.05) is 6.92 Å². The first kappa shape index (κ1) is 23.4. The molecule has 3 aromatic rings. The van der Waals surface area contributed by atoms with Crippen LogP contribution in [0.1, 0.15) is 45.8 Å². The van der Waals surface area contributed by atoms with Crippen LogP contribution in [0.3, 0.4) is 0 Å². The van der Waals surface area contributed by atoms with Gasteiger partial charge >= 0.3 is 5.97 Å². The number of hydrogen-bond donors (Lipinski definition) is 1. The maximum absolute atomic E-state index is 12.8. The van der Waals surface area contributed by atoms with Crippen LogP contribution in [0.25, 0.3) is 0 Å². The number of carbonyl (C=O) groups is 1. The van der Waals surface area contributed by atoms with Gasteiger partial charge in [0.05, 0.1) is 15.6 Å². The zero-order valence-electron chi connectivity index (χ0n) is 17.8. The molecule has 1 aromatic heterocycles. The van der Waals surface area contributed by atoms with Crippen LogP contribution in [0.4, 0.5) is 0 Å². The number of nitrogens with one attached hydrogen (secondary N) is 1. The molecule has 1 heterocycles. The van der Waals surface area contributed by atoms with Crippen molar-refractivity contribution in [3.8, 4) is 5.75 Å². The summed E-state index contributed by atoms with van der Waals surface area (Å²) in [7, 11) is -3.84. The maximum Gasteiger partial charge on any atom is 0.379 e. The molecule has 172 valence electrons. The number of sulfonamides is 1. The smallest absolute Gasteiger partial charge is 0.379 e. The molecule has 0 bridgehead atoms. The number of hydrogen-bond acceptors (Lipinski definition) is 6. The Morgan fingerprint density at radius 1 is 1.09 bits per heavy atom. The van der Waals surface area contributed by atoms with Crippen LogP contribution in [-0.4, -0.2) is 20.1 Å². The van der Waals surface area contributed by atoms with Crippen molar-refractivity contribution in [2.45, 2.75) is 38.0 Å². The first-order chi connectivity index (χ1) is 15.7. The van der Waals surface area contributed by atoms with Gasteiger partial charge in [-0.15, -0.1) is 0 Å². The molecule has 0 unspecified atom stereocenters. The molecular weight excluding hydrogens is 487 g/mol. The van der Waals surface area contributed by atoms with E-state index in [-0.39, 0.29) is 21.4 Å². The number of halogens is 2. The SMILES string of the molecule is Cc1ccc(S(=O)(=O)N/N=C2\CCCc3oc(C(=O)Oc4ccc(Cl)cc4Cl)c(C)c32)cc1. The van der Waals surface area contributed by atoms with E-state index in [1.54, 1.807) is 25.1 Å². The largest absolute Gasteiger partial charge is 0.453 e. The van der Waals surface area contributed by atoms with E-state index < -0.39 is 16.0 Å². The molecule has 7 nitrogen and oxygen atoms in total. The summed E-state index contributed by atoms with van der Waals surface area (Å²) in [5.74, 6) is 0.00786. The zero-order chi connectivity index (χ0) is 23.8. The number of furan rings is 1. The van der Waals surface area contributed by atoms with Gasteiger partial charge in [0, 0.05) is 22.6 Å². The highest BCUT2D eigenvalue weighted by molar-refractivity contribution is 7.89. The van der Waals surface area contributed by atoms with Crippen LogP contribution in [0.15, 0.2) is 56.9 Å². The van der Waals surface area contributed by atoms with Gasteiger partial charge in [-0.25, -0.2) is 4.79 Å². The van der Waals surface area contributed by atoms with Gasteiger partial charge in [0.15, 0.2) is 0 Å². The Kier molecular flexibility index (Phi) is 6.52. The molecule has 1 N–H and O–H groups in total. The van der Waals surface area contributed by atoms with E-state index in [0.717, 1.165) is 5.56 Å². The Hall–Kier alpha value is -2.81. The fraction of sp³-hybridized carbons (Fsp3) is 0.217. The molecule has 1 aliphatic carbocycles. The highest BCUT2D eigenvalue weighted by Crippen LogP contribution is 2.32. The number of carbonyl (C=O) groups excluding carboxylic acids is 1. The molecular formula is C23H20Cl2N2O5S. The third-order valence-electron chi connectivity index (χ3n) is 5.24. The van der Waals surface area contributed by atoms with E-state index in [2.05, 4.69) is 9.93 Å². The summed E-state index contributed by atoms with van der Waals surface area (Å²) >= 11 is 12.0. The lowest BCUT2D eigenvalue weighted by molar-refractivity contribution is 0.0698. The predicted octanol–water partition coefficient (Wildman–Crippen LogP) is 5.44. The second kappa shape index (κ2) is 9.21. The van der Waals surface area contributed by atoms with E-state index in [9.17, 15) is 13.2 Å². The van der Waals surface area contributed by atoms with Gasteiger partial charge < -0.3 is 9.15 Å². The van der Waals surface area contributed by atoms with Crippen LogP contribution in [0.5, 0.6) is 5.75 Å². The summed E-state index contributed by atoms with van der Waals surface area (Å²) in [6, 6.07) is 11.0.